The van der Waals surface area contributed by atoms with E-state index in [0.29, 0.717) is 11.8 Å². The fourth-order valence-electron chi connectivity index (χ4n) is 2.22. The number of nitrogens with one attached hydrogen (secondary N) is 1. The number of thioether (sulfide) groups is 1. The molecule has 3 nitrogen and oxygen atoms in total. The van der Waals surface area contributed by atoms with E-state index in [1.54, 1.807) is 17.8 Å². The van der Waals surface area contributed by atoms with Gasteiger partial charge in [-0.25, -0.2) is 0 Å². The standard InChI is InChI=1S/C13H19NO2S/c1-17-9-11-7-8-12(16-11)13(15)14-10-5-3-2-4-6-10/h7-8,10H,2-6,9H2,1H3,(H,14,15). The van der Waals surface area contributed by atoms with Crippen LogP contribution in [0.25, 0.3) is 0 Å². The fourth-order valence-corrected chi connectivity index (χ4v) is 2.66. The fraction of sp³-hybridized carbons (Fsp3) is 0.615. The predicted octanol–water partition coefficient (Wildman–Crippen LogP) is 3.21. The highest BCUT2D eigenvalue weighted by Crippen LogP contribution is 2.18. The summed E-state index contributed by atoms with van der Waals surface area (Å²) in [7, 11) is 0. The minimum absolute atomic E-state index is 0.0655. The molecular weight excluding hydrogens is 234 g/mol. The molecule has 1 fully saturated rings. The number of carbonyl (C=O) groups is 1. The van der Waals surface area contributed by atoms with Crippen molar-refractivity contribution in [2.45, 2.75) is 43.9 Å². The number of hydrogen-bond acceptors (Lipinski definition) is 3. The molecule has 0 aromatic carbocycles. The Bertz CT molecular complexity index is 369. The first-order valence-electron chi connectivity index (χ1n) is 6.18. The van der Waals surface area contributed by atoms with E-state index >= 15 is 0 Å². The highest BCUT2D eigenvalue weighted by Gasteiger charge is 2.18. The molecule has 1 aromatic heterocycles. The third-order valence-electron chi connectivity index (χ3n) is 3.11. The molecule has 1 amide bonds. The van der Waals surface area contributed by atoms with Gasteiger partial charge in [-0.05, 0) is 31.2 Å². The SMILES string of the molecule is CSCc1ccc(C(=O)NC2CCCCC2)o1. The van der Waals surface area contributed by atoms with Crippen LogP contribution in [0.1, 0.15) is 48.4 Å². The van der Waals surface area contributed by atoms with Gasteiger partial charge in [-0.1, -0.05) is 19.3 Å². The van der Waals surface area contributed by atoms with Crippen molar-refractivity contribution in [1.82, 2.24) is 5.32 Å². The van der Waals surface area contributed by atoms with E-state index in [9.17, 15) is 4.79 Å². The summed E-state index contributed by atoms with van der Waals surface area (Å²) < 4.78 is 5.49. The maximum absolute atomic E-state index is 11.9. The van der Waals surface area contributed by atoms with Gasteiger partial charge in [0.05, 0.1) is 5.75 Å². The third-order valence-corrected chi connectivity index (χ3v) is 3.69. The first-order chi connectivity index (χ1) is 8.29. The van der Waals surface area contributed by atoms with E-state index < -0.39 is 0 Å². The molecule has 0 radical (unpaired) electrons. The van der Waals surface area contributed by atoms with Crippen LogP contribution >= 0.6 is 11.8 Å². The van der Waals surface area contributed by atoms with Crippen LogP contribution in [0.5, 0.6) is 0 Å². The van der Waals surface area contributed by atoms with Gasteiger partial charge >= 0.3 is 0 Å². The first-order valence-corrected chi connectivity index (χ1v) is 7.57. The van der Waals surface area contributed by atoms with Crippen molar-refractivity contribution in [2.75, 3.05) is 6.26 Å². The van der Waals surface area contributed by atoms with Crippen LogP contribution in [-0.2, 0) is 5.75 Å². The van der Waals surface area contributed by atoms with E-state index in [4.69, 9.17) is 4.42 Å². The molecule has 1 aromatic rings. The van der Waals surface area contributed by atoms with E-state index in [1.807, 2.05) is 12.3 Å². The van der Waals surface area contributed by atoms with Crippen molar-refractivity contribution in [3.8, 4) is 0 Å². The highest BCUT2D eigenvalue weighted by molar-refractivity contribution is 7.97. The van der Waals surface area contributed by atoms with Crippen LogP contribution in [-0.4, -0.2) is 18.2 Å². The van der Waals surface area contributed by atoms with Gasteiger partial charge in [0.15, 0.2) is 5.76 Å². The predicted molar refractivity (Wildman–Crippen MR) is 70.3 cm³/mol. The Morgan fingerprint density at radius 3 is 2.88 bits per heavy atom. The Balaban J connectivity index is 1.89. The van der Waals surface area contributed by atoms with Gasteiger partial charge in [0.2, 0.25) is 0 Å². The smallest absolute Gasteiger partial charge is 0.287 e. The zero-order chi connectivity index (χ0) is 12.1. The zero-order valence-corrected chi connectivity index (χ0v) is 11.0. The maximum Gasteiger partial charge on any atom is 0.287 e. The molecule has 0 spiro atoms. The average Bonchev–Trinajstić information content (AvgIpc) is 2.79. The summed E-state index contributed by atoms with van der Waals surface area (Å²) in [5.41, 5.74) is 0. The lowest BCUT2D eigenvalue weighted by Crippen LogP contribution is -2.35. The van der Waals surface area contributed by atoms with E-state index in [-0.39, 0.29) is 5.91 Å². The van der Waals surface area contributed by atoms with Gasteiger partial charge in [0.25, 0.3) is 5.91 Å². The number of rotatable bonds is 4. The van der Waals surface area contributed by atoms with E-state index in [2.05, 4.69) is 5.32 Å². The topological polar surface area (TPSA) is 42.2 Å². The van der Waals surface area contributed by atoms with E-state index in [1.165, 1.54) is 19.3 Å². The van der Waals surface area contributed by atoms with E-state index in [0.717, 1.165) is 24.4 Å². The minimum Gasteiger partial charge on any atom is -0.455 e. The molecule has 1 aliphatic carbocycles. The lowest BCUT2D eigenvalue weighted by molar-refractivity contribution is 0.0898. The number of hydrogen-bond donors (Lipinski definition) is 1. The van der Waals surface area contributed by atoms with Crippen molar-refractivity contribution in [3.63, 3.8) is 0 Å². The van der Waals surface area contributed by atoms with Crippen LogP contribution in [0.3, 0.4) is 0 Å². The number of carbonyl (C=O) groups excluding carboxylic acids is 1. The normalized spacial score (nSPS) is 17.0. The summed E-state index contributed by atoms with van der Waals surface area (Å²) in [5.74, 6) is 2.06. The number of amides is 1. The molecule has 94 valence electrons. The molecule has 0 bridgehead atoms. The van der Waals surface area contributed by atoms with Crippen molar-refractivity contribution in [1.29, 1.82) is 0 Å². The zero-order valence-electron chi connectivity index (χ0n) is 10.2. The van der Waals surface area contributed by atoms with Crippen molar-refractivity contribution >= 4 is 17.7 Å². The van der Waals surface area contributed by atoms with Crippen molar-refractivity contribution < 1.29 is 9.21 Å². The molecule has 0 atom stereocenters. The van der Waals surface area contributed by atoms with Crippen LogP contribution in [0.4, 0.5) is 0 Å². The summed E-state index contributed by atoms with van der Waals surface area (Å²) in [4.78, 5) is 11.9. The molecule has 1 saturated carbocycles. The first kappa shape index (κ1) is 12.6. The average molecular weight is 253 g/mol. The monoisotopic (exact) mass is 253 g/mol. The molecule has 1 heterocycles. The quantitative estimate of drug-likeness (QED) is 0.896. The molecular formula is C13H19NO2S. The molecule has 2 rings (SSSR count). The van der Waals surface area contributed by atoms with Gasteiger partial charge in [0.1, 0.15) is 5.76 Å². The largest absolute Gasteiger partial charge is 0.455 e. The Kier molecular flexibility index (Phi) is 4.54. The Morgan fingerprint density at radius 1 is 1.41 bits per heavy atom. The summed E-state index contributed by atoms with van der Waals surface area (Å²) >= 11 is 1.69. The Morgan fingerprint density at radius 2 is 2.18 bits per heavy atom. The van der Waals surface area contributed by atoms with Crippen LogP contribution < -0.4 is 5.32 Å². The highest BCUT2D eigenvalue weighted by atomic mass is 32.2. The van der Waals surface area contributed by atoms with Gasteiger partial charge in [-0.15, -0.1) is 0 Å². The number of furan rings is 1. The minimum atomic E-state index is -0.0655. The molecule has 0 aliphatic heterocycles. The Hall–Kier alpha value is -0.900. The second-order valence-electron chi connectivity index (χ2n) is 4.51. The van der Waals surface area contributed by atoms with Gasteiger partial charge in [-0.2, -0.15) is 11.8 Å². The van der Waals surface area contributed by atoms with Gasteiger partial charge < -0.3 is 9.73 Å². The second-order valence-corrected chi connectivity index (χ2v) is 5.37. The summed E-state index contributed by atoms with van der Waals surface area (Å²) in [5, 5.41) is 3.05. The molecule has 0 saturated heterocycles. The van der Waals surface area contributed by atoms with Crippen molar-refractivity contribution in [2.24, 2.45) is 0 Å². The molecule has 17 heavy (non-hydrogen) atoms. The van der Waals surface area contributed by atoms with Gasteiger partial charge in [0, 0.05) is 6.04 Å². The lowest BCUT2D eigenvalue weighted by Gasteiger charge is -2.22. The summed E-state index contributed by atoms with van der Waals surface area (Å²) in [6, 6.07) is 3.99. The van der Waals surface area contributed by atoms with Crippen LogP contribution in [0.2, 0.25) is 0 Å². The Labute approximate surface area is 106 Å². The van der Waals surface area contributed by atoms with Crippen LogP contribution in [0, 0.1) is 0 Å². The molecule has 1 N–H and O–H groups in total. The van der Waals surface area contributed by atoms with Crippen molar-refractivity contribution in [3.05, 3.63) is 23.7 Å². The third kappa shape index (κ3) is 3.53. The second kappa shape index (κ2) is 6.15. The lowest BCUT2D eigenvalue weighted by atomic mass is 9.95. The molecule has 0 unspecified atom stereocenters. The summed E-state index contributed by atoms with van der Waals surface area (Å²) in [6.45, 7) is 0. The molecule has 4 heteroatoms. The molecule has 1 aliphatic rings. The van der Waals surface area contributed by atoms with Crippen LogP contribution in [0.15, 0.2) is 16.5 Å². The summed E-state index contributed by atoms with van der Waals surface area (Å²) in [6.07, 6.45) is 7.96. The maximum atomic E-state index is 11.9. The van der Waals surface area contributed by atoms with Gasteiger partial charge in [-0.3, -0.25) is 4.79 Å².